The zero-order chi connectivity index (χ0) is 26.0. The lowest BCUT2D eigenvalue weighted by Gasteiger charge is -2.15. The number of ether oxygens (including phenoxy) is 1. The first kappa shape index (κ1) is 24.8. The van der Waals surface area contributed by atoms with Crippen molar-refractivity contribution in [3.8, 4) is 11.4 Å². The van der Waals surface area contributed by atoms with Gasteiger partial charge in [0.25, 0.3) is 5.56 Å². The molecule has 0 saturated carbocycles. The second-order valence-electron chi connectivity index (χ2n) is 8.21. The largest absolute Gasteiger partial charge is 0.497 e. The molecule has 0 bridgehead atoms. The Morgan fingerprint density at radius 2 is 1.75 bits per heavy atom. The van der Waals surface area contributed by atoms with Crippen LogP contribution in [-0.2, 0) is 24.1 Å². The molecule has 0 aliphatic heterocycles. The predicted octanol–water partition coefficient (Wildman–Crippen LogP) is 3.80. The van der Waals surface area contributed by atoms with Gasteiger partial charge >= 0.3 is 11.9 Å². The van der Waals surface area contributed by atoms with E-state index in [1.54, 1.807) is 43.3 Å². The molecule has 0 radical (unpaired) electrons. The average Bonchev–Trinajstić information content (AvgIpc) is 2.85. The van der Waals surface area contributed by atoms with Crippen molar-refractivity contribution in [2.24, 2.45) is 0 Å². The molecule has 1 amide bonds. The van der Waals surface area contributed by atoms with Gasteiger partial charge in [-0.15, -0.1) is 0 Å². The predicted molar refractivity (Wildman–Crippen MR) is 128 cm³/mol. The van der Waals surface area contributed by atoms with Crippen molar-refractivity contribution in [2.75, 3.05) is 7.11 Å². The highest BCUT2D eigenvalue weighted by Crippen LogP contribution is 2.29. The average molecular weight is 497 g/mol. The van der Waals surface area contributed by atoms with Gasteiger partial charge in [-0.05, 0) is 48.9 Å². The normalized spacial score (nSPS) is 11.5. The summed E-state index contributed by atoms with van der Waals surface area (Å²) in [5.74, 6) is -0.166. The zero-order valence-corrected chi connectivity index (χ0v) is 19.4. The van der Waals surface area contributed by atoms with Crippen LogP contribution in [0.5, 0.6) is 5.75 Å². The number of fused-ring (bicyclic) bond motifs is 1. The highest BCUT2D eigenvalue weighted by molar-refractivity contribution is 5.82. The fraction of sp³-hybridized carbons (Fsp3) is 0.192. The zero-order valence-electron chi connectivity index (χ0n) is 19.4. The van der Waals surface area contributed by atoms with Gasteiger partial charge in [-0.3, -0.25) is 14.2 Å². The van der Waals surface area contributed by atoms with Gasteiger partial charge in [0, 0.05) is 12.6 Å². The van der Waals surface area contributed by atoms with Crippen molar-refractivity contribution in [3.63, 3.8) is 0 Å². The number of aromatic nitrogens is 2. The van der Waals surface area contributed by atoms with Gasteiger partial charge in [-0.25, -0.2) is 9.36 Å². The van der Waals surface area contributed by atoms with Crippen molar-refractivity contribution >= 4 is 16.8 Å². The first-order valence-electron chi connectivity index (χ1n) is 10.9. The molecular weight excluding hydrogens is 475 g/mol. The number of amides is 1. The lowest BCUT2D eigenvalue weighted by atomic mass is 10.1. The Hall–Kier alpha value is -4.34. The van der Waals surface area contributed by atoms with Crippen molar-refractivity contribution in [1.82, 2.24) is 14.5 Å². The number of methoxy groups -OCH3 is 1. The maximum atomic E-state index is 13.4. The first-order chi connectivity index (χ1) is 17.1. The molecule has 0 atom stereocenters. The van der Waals surface area contributed by atoms with Crippen LogP contribution >= 0.6 is 0 Å². The minimum absolute atomic E-state index is 0.163. The number of nitrogens with zero attached hydrogens (tertiary/aromatic N) is 2. The third-order valence-corrected chi connectivity index (χ3v) is 5.66. The third kappa shape index (κ3) is 5.02. The maximum absolute atomic E-state index is 13.4. The van der Waals surface area contributed by atoms with Crippen molar-refractivity contribution < 1.29 is 22.7 Å². The Kier molecular flexibility index (Phi) is 6.69. The van der Waals surface area contributed by atoms with E-state index in [4.69, 9.17) is 4.74 Å². The Morgan fingerprint density at radius 3 is 2.47 bits per heavy atom. The van der Waals surface area contributed by atoms with E-state index in [1.807, 2.05) is 0 Å². The molecule has 10 heteroatoms. The van der Waals surface area contributed by atoms with Crippen LogP contribution in [0.15, 0.2) is 76.3 Å². The number of benzene rings is 3. The summed E-state index contributed by atoms with van der Waals surface area (Å²) < 4.78 is 46.2. The molecule has 3 aromatic carbocycles. The number of alkyl halides is 3. The molecule has 0 saturated heterocycles. The van der Waals surface area contributed by atoms with Gasteiger partial charge in [-0.1, -0.05) is 29.8 Å². The van der Waals surface area contributed by atoms with E-state index in [1.165, 1.54) is 25.3 Å². The van der Waals surface area contributed by atoms with E-state index in [0.717, 1.165) is 26.8 Å². The summed E-state index contributed by atoms with van der Waals surface area (Å²) in [6.07, 6.45) is -4.50. The van der Waals surface area contributed by atoms with Crippen molar-refractivity contribution in [1.29, 1.82) is 0 Å². The first-order valence-corrected chi connectivity index (χ1v) is 10.9. The number of nitrogens with one attached hydrogen (secondary N) is 1. The molecule has 7 nitrogen and oxygen atoms in total. The lowest BCUT2D eigenvalue weighted by molar-refractivity contribution is -0.137. The van der Waals surface area contributed by atoms with E-state index in [-0.39, 0.29) is 28.7 Å². The van der Waals surface area contributed by atoms with Crippen molar-refractivity contribution in [2.45, 2.75) is 26.2 Å². The fourth-order valence-corrected chi connectivity index (χ4v) is 3.88. The molecule has 36 heavy (non-hydrogen) atoms. The van der Waals surface area contributed by atoms with Gasteiger partial charge in [0.2, 0.25) is 5.91 Å². The third-order valence-electron chi connectivity index (χ3n) is 5.66. The minimum atomic E-state index is -4.50. The van der Waals surface area contributed by atoms with Crippen LogP contribution in [0.3, 0.4) is 0 Å². The molecular formula is C26H22F3N3O4. The summed E-state index contributed by atoms with van der Waals surface area (Å²) in [6.45, 7) is 1.19. The van der Waals surface area contributed by atoms with Crippen molar-refractivity contribution in [3.05, 3.63) is 104 Å². The van der Waals surface area contributed by atoms with Crippen LogP contribution in [0, 0.1) is 6.92 Å². The van der Waals surface area contributed by atoms with E-state index in [9.17, 15) is 27.6 Å². The van der Waals surface area contributed by atoms with Crippen LogP contribution in [0.25, 0.3) is 16.6 Å². The lowest BCUT2D eigenvalue weighted by Crippen LogP contribution is -2.41. The molecule has 1 N–H and O–H groups in total. The van der Waals surface area contributed by atoms with E-state index in [0.29, 0.717) is 5.75 Å². The second kappa shape index (κ2) is 9.73. The Balaban J connectivity index is 1.71. The number of carbonyl (C=O) groups excluding carboxylic acids is 1. The van der Waals surface area contributed by atoms with Gasteiger partial charge in [-0.2, -0.15) is 13.2 Å². The fourth-order valence-electron chi connectivity index (χ4n) is 3.88. The van der Waals surface area contributed by atoms with E-state index in [2.05, 4.69) is 5.32 Å². The molecule has 1 heterocycles. The molecule has 4 aromatic rings. The molecule has 1 aromatic heterocycles. The topological polar surface area (TPSA) is 82.3 Å². The number of rotatable bonds is 6. The number of hydrogen-bond acceptors (Lipinski definition) is 4. The van der Waals surface area contributed by atoms with Crippen LogP contribution in [-0.4, -0.2) is 22.2 Å². The highest BCUT2D eigenvalue weighted by atomic mass is 19.4. The van der Waals surface area contributed by atoms with E-state index < -0.39 is 35.4 Å². The summed E-state index contributed by atoms with van der Waals surface area (Å²) >= 11 is 0. The molecule has 0 unspecified atom stereocenters. The highest BCUT2D eigenvalue weighted by Gasteiger charge is 2.30. The summed E-state index contributed by atoms with van der Waals surface area (Å²) in [6, 6.07) is 16.0. The Morgan fingerprint density at radius 1 is 1.00 bits per heavy atom. The molecule has 0 spiro atoms. The van der Waals surface area contributed by atoms with Crippen LogP contribution in [0.1, 0.15) is 16.7 Å². The molecule has 186 valence electrons. The molecule has 4 rings (SSSR count). The standard InChI is InChI=1S/C26H22F3N3O4/c1-16-9-10-22-21(11-16)24(34)32(19-7-4-8-20(13-19)36-2)25(35)31(22)15-23(33)30-14-17-5-3-6-18(12-17)26(27,28)29/h3-13H,14-15H2,1-2H3,(H,30,33). The monoisotopic (exact) mass is 497 g/mol. The molecule has 0 fully saturated rings. The van der Waals surface area contributed by atoms with Gasteiger partial charge in [0.1, 0.15) is 12.3 Å². The number of halogens is 3. The quantitative estimate of drug-likeness (QED) is 0.439. The smallest absolute Gasteiger partial charge is 0.416 e. The Labute approximate surface area is 203 Å². The van der Waals surface area contributed by atoms with E-state index >= 15 is 0 Å². The SMILES string of the molecule is COc1cccc(-n2c(=O)c3cc(C)ccc3n(CC(=O)NCc3cccc(C(F)(F)F)c3)c2=O)c1. The molecule has 0 aliphatic carbocycles. The Bertz CT molecular complexity index is 1570. The van der Waals surface area contributed by atoms with Gasteiger partial charge in [0.05, 0.1) is 29.3 Å². The van der Waals surface area contributed by atoms with Crippen LogP contribution in [0.2, 0.25) is 0 Å². The minimum Gasteiger partial charge on any atom is -0.497 e. The second-order valence-corrected chi connectivity index (χ2v) is 8.21. The van der Waals surface area contributed by atoms with Gasteiger partial charge in [0.15, 0.2) is 0 Å². The summed E-state index contributed by atoms with van der Waals surface area (Å²) in [4.78, 5) is 39.5. The molecule has 0 aliphatic rings. The number of aryl methyl sites for hydroxylation is 1. The number of hydrogen-bond donors (Lipinski definition) is 1. The van der Waals surface area contributed by atoms with Gasteiger partial charge < -0.3 is 10.1 Å². The summed E-state index contributed by atoms with van der Waals surface area (Å²) in [7, 11) is 1.46. The van der Waals surface area contributed by atoms with Crippen LogP contribution in [0.4, 0.5) is 13.2 Å². The number of carbonyl (C=O) groups is 1. The van der Waals surface area contributed by atoms with Crippen LogP contribution < -0.4 is 21.3 Å². The summed E-state index contributed by atoms with van der Waals surface area (Å²) in [5, 5.41) is 2.79. The summed E-state index contributed by atoms with van der Waals surface area (Å²) in [5.41, 5.74) is -0.526. The maximum Gasteiger partial charge on any atom is 0.416 e.